The summed E-state index contributed by atoms with van der Waals surface area (Å²) in [6.07, 6.45) is 18.2. The maximum atomic E-state index is 12.6. The summed E-state index contributed by atoms with van der Waals surface area (Å²) in [4.78, 5) is 0. The van der Waals surface area contributed by atoms with Crippen LogP contribution in [0.15, 0.2) is 61.0 Å². The van der Waals surface area contributed by atoms with E-state index >= 15 is 0 Å². The van der Waals surface area contributed by atoms with E-state index in [1.165, 1.54) is 18.6 Å². The fourth-order valence-electron chi connectivity index (χ4n) is 1.48. The van der Waals surface area contributed by atoms with Gasteiger partial charge in [0.05, 0.1) is 0 Å². The maximum Gasteiger partial charge on any atom is 0.122 e. The summed E-state index contributed by atoms with van der Waals surface area (Å²) in [6.45, 7) is 3.34. The van der Waals surface area contributed by atoms with Gasteiger partial charge in [0.25, 0.3) is 0 Å². The molecule has 0 heterocycles. The maximum absolute atomic E-state index is 12.6. The van der Waals surface area contributed by atoms with Gasteiger partial charge in [-0.25, -0.2) is 4.39 Å². The van der Waals surface area contributed by atoms with Crippen LogP contribution < -0.4 is 0 Å². The first-order chi connectivity index (χ1) is 7.33. The average molecular weight is 204 g/mol. The normalized spacial score (nSPS) is 21.9. The predicted molar refractivity (Wildman–Crippen MR) is 64.1 cm³/mol. The van der Waals surface area contributed by atoms with Crippen LogP contribution in [0, 0.1) is 5.92 Å². The molecule has 0 saturated carbocycles. The van der Waals surface area contributed by atoms with Crippen LogP contribution in [-0.4, -0.2) is 0 Å². The standard InChI is InChI=1S/C14H17F/c1-2-14(15)12-8-7-11-13-9-5-3-4-6-10-13/h2-5,7-9,12-13H,1,6,10-11H2/b8-7+,14-12+. The average Bonchev–Trinajstić information content (AvgIpc) is 2.52. The van der Waals surface area contributed by atoms with Crippen LogP contribution in [0.25, 0.3) is 0 Å². The van der Waals surface area contributed by atoms with E-state index < -0.39 is 0 Å². The van der Waals surface area contributed by atoms with Crippen LogP contribution in [0.1, 0.15) is 19.3 Å². The molecule has 15 heavy (non-hydrogen) atoms. The van der Waals surface area contributed by atoms with Gasteiger partial charge in [-0.3, -0.25) is 0 Å². The van der Waals surface area contributed by atoms with E-state index in [2.05, 4.69) is 30.9 Å². The van der Waals surface area contributed by atoms with Crippen molar-refractivity contribution in [2.45, 2.75) is 19.3 Å². The third kappa shape index (κ3) is 5.16. The van der Waals surface area contributed by atoms with E-state index in [-0.39, 0.29) is 5.83 Å². The molecule has 80 valence electrons. The number of hydrogen-bond acceptors (Lipinski definition) is 0. The highest BCUT2D eigenvalue weighted by molar-refractivity contribution is 5.16. The molecule has 0 radical (unpaired) electrons. The van der Waals surface area contributed by atoms with Crippen molar-refractivity contribution < 1.29 is 4.39 Å². The van der Waals surface area contributed by atoms with Gasteiger partial charge in [-0.2, -0.15) is 0 Å². The molecule has 0 spiro atoms. The second kappa shape index (κ2) is 6.99. The minimum Gasteiger partial charge on any atom is -0.207 e. The van der Waals surface area contributed by atoms with E-state index in [1.54, 1.807) is 6.08 Å². The molecule has 1 aliphatic carbocycles. The molecule has 0 aromatic carbocycles. The Labute approximate surface area is 91.2 Å². The molecule has 1 rings (SSSR count). The van der Waals surface area contributed by atoms with E-state index in [9.17, 15) is 4.39 Å². The molecule has 1 atom stereocenters. The van der Waals surface area contributed by atoms with Crippen LogP contribution in [0.5, 0.6) is 0 Å². The van der Waals surface area contributed by atoms with Crippen molar-refractivity contribution in [3.63, 3.8) is 0 Å². The number of rotatable bonds is 4. The minimum absolute atomic E-state index is 0.288. The van der Waals surface area contributed by atoms with Crippen molar-refractivity contribution in [3.8, 4) is 0 Å². The lowest BCUT2D eigenvalue weighted by molar-refractivity contribution is 0.610. The molecule has 1 unspecified atom stereocenters. The fourth-order valence-corrected chi connectivity index (χ4v) is 1.48. The number of hydrogen-bond donors (Lipinski definition) is 0. The van der Waals surface area contributed by atoms with Crippen molar-refractivity contribution in [1.29, 1.82) is 0 Å². The zero-order valence-corrected chi connectivity index (χ0v) is 8.90. The second-order valence-electron chi connectivity index (χ2n) is 3.57. The minimum atomic E-state index is -0.288. The van der Waals surface area contributed by atoms with Crippen LogP contribution in [0.4, 0.5) is 4.39 Å². The first-order valence-corrected chi connectivity index (χ1v) is 5.31. The molecule has 1 heteroatoms. The van der Waals surface area contributed by atoms with Crippen molar-refractivity contribution in [1.82, 2.24) is 0 Å². The number of halogens is 1. The van der Waals surface area contributed by atoms with Crippen LogP contribution in [0.2, 0.25) is 0 Å². The lowest BCUT2D eigenvalue weighted by atomic mass is 10.00. The van der Waals surface area contributed by atoms with Gasteiger partial charge in [-0.05, 0) is 37.3 Å². The Morgan fingerprint density at radius 3 is 3.13 bits per heavy atom. The summed E-state index contributed by atoms with van der Waals surface area (Å²) in [5.74, 6) is 0.292. The Bertz CT molecular complexity index is 305. The molecule has 0 aromatic rings. The summed E-state index contributed by atoms with van der Waals surface area (Å²) < 4.78 is 12.6. The van der Waals surface area contributed by atoms with Gasteiger partial charge in [0.2, 0.25) is 0 Å². The van der Waals surface area contributed by atoms with Crippen molar-refractivity contribution >= 4 is 0 Å². The van der Waals surface area contributed by atoms with Gasteiger partial charge in [0, 0.05) is 0 Å². The molecule has 0 bridgehead atoms. The van der Waals surface area contributed by atoms with E-state index in [4.69, 9.17) is 0 Å². The zero-order valence-electron chi connectivity index (χ0n) is 8.90. The Balaban J connectivity index is 2.33. The summed E-state index contributed by atoms with van der Waals surface area (Å²) in [5, 5.41) is 0. The van der Waals surface area contributed by atoms with E-state index in [0.29, 0.717) is 5.92 Å². The molecule has 0 fully saturated rings. The lowest BCUT2D eigenvalue weighted by Crippen LogP contribution is -1.92. The first kappa shape index (κ1) is 11.7. The molecule has 0 N–H and O–H groups in total. The topological polar surface area (TPSA) is 0 Å². The molecular weight excluding hydrogens is 187 g/mol. The van der Waals surface area contributed by atoms with Crippen LogP contribution in [0.3, 0.4) is 0 Å². The molecule has 0 aromatic heterocycles. The third-order valence-corrected chi connectivity index (χ3v) is 2.36. The monoisotopic (exact) mass is 204 g/mol. The fraction of sp³-hybridized carbons (Fsp3) is 0.286. The Hall–Kier alpha value is -1.37. The lowest BCUT2D eigenvalue weighted by Gasteiger charge is -2.05. The highest BCUT2D eigenvalue weighted by Crippen LogP contribution is 2.16. The largest absolute Gasteiger partial charge is 0.207 e. The highest BCUT2D eigenvalue weighted by Gasteiger charge is 2.02. The van der Waals surface area contributed by atoms with Gasteiger partial charge in [0.1, 0.15) is 5.83 Å². The summed E-state index contributed by atoms with van der Waals surface area (Å²) >= 11 is 0. The van der Waals surface area contributed by atoms with Gasteiger partial charge in [-0.1, -0.05) is 43.0 Å². The molecule has 1 aliphatic rings. The SMILES string of the molecule is C=C/C(F)=C\C=C\CC1C=CC=CCC1. The quantitative estimate of drug-likeness (QED) is 0.592. The summed E-state index contributed by atoms with van der Waals surface area (Å²) in [6, 6.07) is 0. The Morgan fingerprint density at radius 1 is 1.47 bits per heavy atom. The van der Waals surface area contributed by atoms with Gasteiger partial charge in [-0.15, -0.1) is 0 Å². The molecular formula is C14H17F. The predicted octanol–water partition coefficient (Wildman–Crippen LogP) is 4.49. The molecule has 0 saturated heterocycles. The van der Waals surface area contributed by atoms with Crippen LogP contribution >= 0.6 is 0 Å². The summed E-state index contributed by atoms with van der Waals surface area (Å²) in [5.41, 5.74) is 0. The smallest absolute Gasteiger partial charge is 0.122 e. The van der Waals surface area contributed by atoms with Crippen molar-refractivity contribution in [2.75, 3.05) is 0 Å². The molecule has 0 nitrogen and oxygen atoms in total. The highest BCUT2D eigenvalue weighted by atomic mass is 19.1. The third-order valence-electron chi connectivity index (χ3n) is 2.36. The molecule has 0 amide bonds. The van der Waals surface area contributed by atoms with Crippen LogP contribution in [-0.2, 0) is 0 Å². The Kier molecular flexibility index (Phi) is 5.46. The first-order valence-electron chi connectivity index (χ1n) is 5.31. The Morgan fingerprint density at radius 2 is 2.33 bits per heavy atom. The summed E-state index contributed by atoms with van der Waals surface area (Å²) in [7, 11) is 0. The van der Waals surface area contributed by atoms with E-state index in [0.717, 1.165) is 12.8 Å². The second-order valence-corrected chi connectivity index (χ2v) is 3.57. The van der Waals surface area contributed by atoms with Gasteiger partial charge >= 0.3 is 0 Å². The van der Waals surface area contributed by atoms with E-state index in [1.807, 2.05) is 6.08 Å². The van der Waals surface area contributed by atoms with Crippen molar-refractivity contribution in [3.05, 3.63) is 61.0 Å². The molecule has 0 aliphatic heterocycles. The number of allylic oxidation sites excluding steroid dienone is 9. The van der Waals surface area contributed by atoms with Gasteiger partial charge < -0.3 is 0 Å². The van der Waals surface area contributed by atoms with Gasteiger partial charge in [0.15, 0.2) is 0 Å². The van der Waals surface area contributed by atoms with Crippen molar-refractivity contribution in [2.24, 2.45) is 5.92 Å². The zero-order chi connectivity index (χ0) is 10.9.